The first-order chi connectivity index (χ1) is 8.83. The van der Waals surface area contributed by atoms with Crippen LogP contribution in [-0.2, 0) is 6.54 Å². The second-order valence-electron chi connectivity index (χ2n) is 4.14. The Balaban J connectivity index is 1.86. The van der Waals surface area contributed by atoms with E-state index in [1.807, 2.05) is 12.1 Å². The summed E-state index contributed by atoms with van der Waals surface area (Å²) in [5, 5.41) is 9.35. The molecule has 0 fully saturated rings. The molecule has 4 heteroatoms. The van der Waals surface area contributed by atoms with Crippen LogP contribution in [0, 0.1) is 6.92 Å². The number of aryl methyl sites for hydroxylation is 1. The van der Waals surface area contributed by atoms with Crippen LogP contribution < -0.4 is 5.32 Å². The Kier molecular flexibility index (Phi) is 2.68. The number of fused-ring (bicyclic) bond motifs is 1. The van der Waals surface area contributed by atoms with E-state index in [0.29, 0.717) is 18.4 Å². The molecule has 0 bridgehead atoms. The average Bonchev–Trinajstić information content (AvgIpc) is 2.82. The van der Waals surface area contributed by atoms with Gasteiger partial charge in [0.05, 0.1) is 0 Å². The van der Waals surface area contributed by atoms with Gasteiger partial charge >= 0.3 is 6.01 Å². The molecule has 4 nitrogen and oxygen atoms in total. The number of rotatable bonds is 3. The second-order valence-corrected chi connectivity index (χ2v) is 4.14. The zero-order valence-corrected chi connectivity index (χ0v) is 10.1. The van der Waals surface area contributed by atoms with Gasteiger partial charge in [0.15, 0.2) is 5.82 Å². The van der Waals surface area contributed by atoms with Crippen molar-refractivity contribution in [3.05, 3.63) is 53.9 Å². The molecule has 0 aliphatic rings. The largest absolute Gasteiger partial charge is 0.334 e. The van der Waals surface area contributed by atoms with Crippen molar-refractivity contribution in [2.75, 3.05) is 5.32 Å². The second kappa shape index (κ2) is 4.49. The molecule has 0 aliphatic heterocycles. The van der Waals surface area contributed by atoms with Gasteiger partial charge in [0.25, 0.3) is 0 Å². The highest BCUT2D eigenvalue weighted by atomic mass is 16.5. The van der Waals surface area contributed by atoms with Crippen LogP contribution >= 0.6 is 0 Å². The zero-order chi connectivity index (χ0) is 12.4. The molecule has 0 saturated heterocycles. The topological polar surface area (TPSA) is 51.0 Å². The fourth-order valence-corrected chi connectivity index (χ4v) is 1.99. The molecule has 0 atom stereocenters. The first-order valence-corrected chi connectivity index (χ1v) is 5.84. The van der Waals surface area contributed by atoms with Crippen molar-refractivity contribution in [2.45, 2.75) is 13.5 Å². The molecular formula is C14H13N3O. The maximum atomic E-state index is 5.03. The minimum absolute atomic E-state index is 0.459. The normalized spacial score (nSPS) is 10.7. The van der Waals surface area contributed by atoms with Crippen LogP contribution in [0.1, 0.15) is 11.4 Å². The van der Waals surface area contributed by atoms with Crippen molar-refractivity contribution in [3.63, 3.8) is 0 Å². The van der Waals surface area contributed by atoms with Crippen molar-refractivity contribution < 1.29 is 4.52 Å². The van der Waals surface area contributed by atoms with Crippen LogP contribution in [-0.4, -0.2) is 10.1 Å². The number of hydrogen-bond donors (Lipinski definition) is 1. The molecule has 0 spiro atoms. The first kappa shape index (κ1) is 10.8. The average molecular weight is 239 g/mol. The number of benzene rings is 2. The molecule has 18 heavy (non-hydrogen) atoms. The third kappa shape index (κ3) is 2.05. The molecule has 3 aromatic rings. The summed E-state index contributed by atoms with van der Waals surface area (Å²) in [6.07, 6.45) is 0. The van der Waals surface area contributed by atoms with E-state index in [4.69, 9.17) is 4.52 Å². The summed E-state index contributed by atoms with van der Waals surface area (Å²) in [4.78, 5) is 4.12. The molecule has 0 saturated carbocycles. The van der Waals surface area contributed by atoms with Gasteiger partial charge in [-0.2, -0.15) is 4.98 Å². The van der Waals surface area contributed by atoms with E-state index < -0.39 is 0 Å². The fourth-order valence-electron chi connectivity index (χ4n) is 1.99. The fraction of sp³-hybridized carbons (Fsp3) is 0.143. The van der Waals surface area contributed by atoms with Crippen LogP contribution in [0.4, 0.5) is 6.01 Å². The number of nitrogens with zero attached hydrogens (tertiary/aromatic N) is 2. The van der Waals surface area contributed by atoms with Gasteiger partial charge in [-0.05, 0) is 23.3 Å². The highest BCUT2D eigenvalue weighted by Crippen LogP contribution is 2.19. The maximum absolute atomic E-state index is 5.03. The van der Waals surface area contributed by atoms with Gasteiger partial charge in [-0.25, -0.2) is 0 Å². The highest BCUT2D eigenvalue weighted by Gasteiger charge is 2.03. The highest BCUT2D eigenvalue weighted by molar-refractivity contribution is 5.85. The Morgan fingerprint density at radius 1 is 1.11 bits per heavy atom. The third-order valence-electron chi connectivity index (χ3n) is 2.84. The van der Waals surface area contributed by atoms with Gasteiger partial charge in [0.2, 0.25) is 0 Å². The lowest BCUT2D eigenvalue weighted by molar-refractivity contribution is 0.425. The Labute approximate surface area is 105 Å². The smallest absolute Gasteiger partial charge is 0.321 e. The lowest BCUT2D eigenvalue weighted by Gasteiger charge is -2.06. The quantitative estimate of drug-likeness (QED) is 0.762. The Hall–Kier alpha value is -2.36. The lowest BCUT2D eigenvalue weighted by atomic mass is 10.0. The molecule has 0 amide bonds. The minimum atomic E-state index is 0.459. The van der Waals surface area contributed by atoms with E-state index in [1.165, 1.54) is 16.3 Å². The van der Waals surface area contributed by atoms with E-state index >= 15 is 0 Å². The summed E-state index contributed by atoms with van der Waals surface area (Å²) in [5.41, 5.74) is 1.21. The van der Waals surface area contributed by atoms with Crippen LogP contribution in [0.15, 0.2) is 47.0 Å². The van der Waals surface area contributed by atoms with Crippen molar-refractivity contribution in [3.8, 4) is 0 Å². The predicted molar refractivity (Wildman–Crippen MR) is 70.3 cm³/mol. The van der Waals surface area contributed by atoms with Gasteiger partial charge < -0.3 is 9.84 Å². The lowest BCUT2D eigenvalue weighted by Crippen LogP contribution is -2.00. The summed E-state index contributed by atoms with van der Waals surface area (Å²) >= 11 is 0. The summed E-state index contributed by atoms with van der Waals surface area (Å²) in [6, 6.07) is 15.0. The van der Waals surface area contributed by atoms with Gasteiger partial charge in [-0.1, -0.05) is 47.6 Å². The molecule has 3 rings (SSSR count). The number of nitrogens with one attached hydrogen (secondary N) is 1. The predicted octanol–water partition coefficient (Wildman–Crippen LogP) is 3.14. The Bertz CT molecular complexity index is 670. The zero-order valence-electron chi connectivity index (χ0n) is 10.1. The molecule has 1 heterocycles. The van der Waals surface area contributed by atoms with Crippen molar-refractivity contribution in [1.82, 2.24) is 10.1 Å². The Morgan fingerprint density at radius 3 is 2.78 bits per heavy atom. The molecule has 90 valence electrons. The van der Waals surface area contributed by atoms with E-state index in [1.54, 1.807) is 6.92 Å². The first-order valence-electron chi connectivity index (χ1n) is 5.84. The van der Waals surface area contributed by atoms with Gasteiger partial charge in [-0.15, -0.1) is 0 Å². The SMILES string of the molecule is Cc1noc(NCc2cccc3ccccc23)n1. The standard InChI is InChI=1S/C14H13N3O/c1-10-16-14(18-17-10)15-9-12-7-4-6-11-5-2-3-8-13(11)12/h2-8H,9H2,1H3,(H,15,16,17). The molecule has 0 unspecified atom stereocenters. The molecule has 0 aliphatic carbocycles. The summed E-state index contributed by atoms with van der Waals surface area (Å²) < 4.78 is 5.03. The summed E-state index contributed by atoms with van der Waals surface area (Å²) in [5.74, 6) is 0.635. The molecule has 0 radical (unpaired) electrons. The van der Waals surface area contributed by atoms with Crippen LogP contribution in [0.5, 0.6) is 0 Å². The van der Waals surface area contributed by atoms with E-state index in [9.17, 15) is 0 Å². The molecule has 1 N–H and O–H groups in total. The summed E-state index contributed by atoms with van der Waals surface area (Å²) in [6.45, 7) is 2.47. The minimum Gasteiger partial charge on any atom is -0.334 e. The van der Waals surface area contributed by atoms with Crippen LogP contribution in [0.2, 0.25) is 0 Å². The molecule has 1 aromatic heterocycles. The van der Waals surface area contributed by atoms with Gasteiger partial charge in [-0.3, -0.25) is 0 Å². The van der Waals surface area contributed by atoms with Crippen molar-refractivity contribution in [2.24, 2.45) is 0 Å². The number of hydrogen-bond acceptors (Lipinski definition) is 4. The van der Waals surface area contributed by atoms with Crippen LogP contribution in [0.25, 0.3) is 10.8 Å². The Morgan fingerprint density at radius 2 is 1.94 bits per heavy atom. The number of anilines is 1. The van der Waals surface area contributed by atoms with Gasteiger partial charge in [0, 0.05) is 6.54 Å². The summed E-state index contributed by atoms with van der Waals surface area (Å²) in [7, 11) is 0. The van der Waals surface area contributed by atoms with E-state index in [-0.39, 0.29) is 0 Å². The van der Waals surface area contributed by atoms with E-state index in [0.717, 1.165) is 0 Å². The molecule has 2 aromatic carbocycles. The van der Waals surface area contributed by atoms with Crippen molar-refractivity contribution in [1.29, 1.82) is 0 Å². The third-order valence-corrected chi connectivity index (χ3v) is 2.84. The van der Waals surface area contributed by atoms with E-state index in [2.05, 4.69) is 45.8 Å². The van der Waals surface area contributed by atoms with Crippen LogP contribution in [0.3, 0.4) is 0 Å². The number of aromatic nitrogens is 2. The van der Waals surface area contributed by atoms with Gasteiger partial charge in [0.1, 0.15) is 0 Å². The molecular weight excluding hydrogens is 226 g/mol. The maximum Gasteiger partial charge on any atom is 0.321 e. The monoisotopic (exact) mass is 239 g/mol. The van der Waals surface area contributed by atoms with Crippen molar-refractivity contribution >= 4 is 16.8 Å².